The van der Waals surface area contributed by atoms with Crippen LogP contribution in [0.2, 0.25) is 0 Å². The van der Waals surface area contributed by atoms with Crippen molar-refractivity contribution in [1.29, 1.82) is 5.26 Å². The predicted octanol–water partition coefficient (Wildman–Crippen LogP) is 3.69. The van der Waals surface area contributed by atoms with Gasteiger partial charge >= 0.3 is 0 Å². The summed E-state index contributed by atoms with van der Waals surface area (Å²) in [7, 11) is 0. The zero-order valence-electron chi connectivity index (χ0n) is 14.7. The summed E-state index contributed by atoms with van der Waals surface area (Å²) >= 11 is 0. The summed E-state index contributed by atoms with van der Waals surface area (Å²) in [6.07, 6.45) is 4.88. The Balaban J connectivity index is 1.50. The minimum atomic E-state index is -0.751. The van der Waals surface area contributed by atoms with Crippen LogP contribution in [0.4, 0.5) is 8.78 Å². The van der Waals surface area contributed by atoms with Gasteiger partial charge in [0.1, 0.15) is 18.6 Å². The van der Waals surface area contributed by atoms with Crippen molar-refractivity contribution in [3.05, 3.63) is 65.2 Å². The Bertz CT molecular complexity index is 911. The van der Waals surface area contributed by atoms with E-state index < -0.39 is 18.0 Å². The van der Waals surface area contributed by atoms with Crippen molar-refractivity contribution >= 4 is 5.91 Å². The molecule has 1 aliphatic heterocycles. The molecule has 3 unspecified atom stereocenters. The SMILES string of the molecule is N#Cc1ccc(C2CCN(C3(CF)CC3c3ccncc3)C(=O)C2)cc1F. The molecule has 0 radical (unpaired) electrons. The molecule has 2 aromatic rings. The number of pyridine rings is 1. The van der Waals surface area contributed by atoms with E-state index in [0.717, 1.165) is 11.1 Å². The van der Waals surface area contributed by atoms with E-state index in [9.17, 15) is 13.6 Å². The number of halogens is 2. The molecule has 4 nitrogen and oxygen atoms in total. The average Bonchev–Trinajstić information content (AvgIpc) is 3.44. The second kappa shape index (κ2) is 6.73. The molecular weight excluding hydrogens is 348 g/mol. The zero-order chi connectivity index (χ0) is 19.0. The Kier molecular flexibility index (Phi) is 4.39. The molecule has 138 valence electrons. The number of benzene rings is 1. The fourth-order valence-corrected chi connectivity index (χ4v) is 4.30. The number of likely N-dealkylation sites (tertiary alicyclic amines) is 1. The predicted molar refractivity (Wildman–Crippen MR) is 95.1 cm³/mol. The van der Waals surface area contributed by atoms with Crippen molar-refractivity contribution in [2.75, 3.05) is 13.2 Å². The van der Waals surface area contributed by atoms with E-state index in [0.29, 0.717) is 19.4 Å². The molecule has 2 heterocycles. The lowest BCUT2D eigenvalue weighted by Crippen LogP contribution is -2.48. The maximum absolute atomic E-state index is 14.0. The van der Waals surface area contributed by atoms with E-state index in [1.54, 1.807) is 29.4 Å². The largest absolute Gasteiger partial charge is 0.334 e. The van der Waals surface area contributed by atoms with Crippen LogP contribution in [-0.4, -0.2) is 34.5 Å². The summed E-state index contributed by atoms with van der Waals surface area (Å²) in [5.41, 5.74) is 0.971. The van der Waals surface area contributed by atoms with Gasteiger partial charge in [-0.3, -0.25) is 9.78 Å². The summed E-state index contributed by atoms with van der Waals surface area (Å²) in [4.78, 5) is 18.5. The van der Waals surface area contributed by atoms with Crippen molar-refractivity contribution in [3.8, 4) is 6.07 Å². The van der Waals surface area contributed by atoms with Crippen LogP contribution in [-0.2, 0) is 4.79 Å². The number of rotatable bonds is 4. The molecule has 6 heteroatoms. The van der Waals surface area contributed by atoms with Gasteiger partial charge in [-0.2, -0.15) is 5.26 Å². The number of hydrogen-bond acceptors (Lipinski definition) is 3. The molecule has 1 aliphatic carbocycles. The number of alkyl halides is 1. The van der Waals surface area contributed by atoms with Gasteiger partial charge in [-0.05, 0) is 54.2 Å². The van der Waals surface area contributed by atoms with Gasteiger partial charge < -0.3 is 4.90 Å². The van der Waals surface area contributed by atoms with Gasteiger partial charge in [-0.15, -0.1) is 0 Å². The van der Waals surface area contributed by atoms with E-state index in [1.807, 2.05) is 12.1 Å². The molecule has 0 bridgehead atoms. The van der Waals surface area contributed by atoms with Crippen LogP contribution in [0.25, 0.3) is 0 Å². The molecule has 2 fully saturated rings. The number of nitrogens with zero attached hydrogens (tertiary/aromatic N) is 3. The van der Waals surface area contributed by atoms with E-state index >= 15 is 0 Å². The Labute approximate surface area is 156 Å². The highest BCUT2D eigenvalue weighted by Crippen LogP contribution is 2.57. The summed E-state index contributed by atoms with van der Waals surface area (Å²) < 4.78 is 27.9. The Morgan fingerprint density at radius 2 is 2.04 bits per heavy atom. The zero-order valence-corrected chi connectivity index (χ0v) is 14.7. The second-order valence-electron chi connectivity index (χ2n) is 7.36. The van der Waals surface area contributed by atoms with E-state index in [2.05, 4.69) is 4.98 Å². The van der Waals surface area contributed by atoms with Crippen LogP contribution in [0.5, 0.6) is 0 Å². The Morgan fingerprint density at radius 3 is 2.67 bits per heavy atom. The van der Waals surface area contributed by atoms with Crippen LogP contribution in [0.1, 0.15) is 47.8 Å². The van der Waals surface area contributed by atoms with Gasteiger partial charge in [0.25, 0.3) is 0 Å². The number of aromatic nitrogens is 1. The van der Waals surface area contributed by atoms with Crippen LogP contribution < -0.4 is 0 Å². The van der Waals surface area contributed by atoms with Crippen LogP contribution >= 0.6 is 0 Å². The molecule has 1 saturated carbocycles. The second-order valence-corrected chi connectivity index (χ2v) is 7.36. The molecule has 0 spiro atoms. The topological polar surface area (TPSA) is 57.0 Å². The third-order valence-corrected chi connectivity index (χ3v) is 5.93. The van der Waals surface area contributed by atoms with Crippen molar-refractivity contribution < 1.29 is 13.6 Å². The number of hydrogen-bond donors (Lipinski definition) is 0. The van der Waals surface area contributed by atoms with Gasteiger partial charge in [-0.25, -0.2) is 8.78 Å². The van der Waals surface area contributed by atoms with Crippen LogP contribution in [0, 0.1) is 17.1 Å². The molecule has 1 saturated heterocycles. The quantitative estimate of drug-likeness (QED) is 0.828. The number of nitriles is 1. The first-order chi connectivity index (χ1) is 13.1. The van der Waals surface area contributed by atoms with Gasteiger partial charge in [0.15, 0.2) is 0 Å². The minimum Gasteiger partial charge on any atom is -0.334 e. The van der Waals surface area contributed by atoms with Crippen molar-refractivity contribution in [1.82, 2.24) is 9.88 Å². The van der Waals surface area contributed by atoms with E-state index in [1.165, 1.54) is 12.1 Å². The first kappa shape index (κ1) is 17.6. The summed E-state index contributed by atoms with van der Waals surface area (Å²) in [6.45, 7) is -0.113. The fourth-order valence-electron chi connectivity index (χ4n) is 4.30. The van der Waals surface area contributed by atoms with Crippen molar-refractivity contribution in [2.24, 2.45) is 0 Å². The van der Waals surface area contributed by atoms with Gasteiger partial charge in [0.2, 0.25) is 5.91 Å². The molecule has 1 amide bonds. The monoisotopic (exact) mass is 367 g/mol. The number of piperidine rings is 1. The summed E-state index contributed by atoms with van der Waals surface area (Å²) in [5.74, 6) is -0.764. The molecular formula is C21H19F2N3O. The first-order valence-electron chi connectivity index (χ1n) is 9.05. The van der Waals surface area contributed by atoms with E-state index in [-0.39, 0.29) is 29.7 Å². The molecule has 0 N–H and O–H groups in total. The fraction of sp³-hybridized carbons (Fsp3) is 0.381. The maximum atomic E-state index is 14.0. The Hall–Kier alpha value is -2.81. The van der Waals surface area contributed by atoms with Crippen molar-refractivity contribution in [3.63, 3.8) is 0 Å². The lowest BCUT2D eigenvalue weighted by atomic mass is 9.87. The minimum absolute atomic E-state index is 0.00152. The maximum Gasteiger partial charge on any atom is 0.223 e. The molecule has 1 aromatic heterocycles. The van der Waals surface area contributed by atoms with E-state index in [4.69, 9.17) is 5.26 Å². The molecule has 1 aromatic carbocycles. The number of amides is 1. The van der Waals surface area contributed by atoms with Crippen LogP contribution in [0.3, 0.4) is 0 Å². The normalized spacial score (nSPS) is 27.3. The lowest BCUT2D eigenvalue weighted by molar-refractivity contribution is -0.138. The molecule has 2 aliphatic rings. The number of carbonyl (C=O) groups is 1. The van der Waals surface area contributed by atoms with Gasteiger partial charge in [-0.1, -0.05) is 6.07 Å². The van der Waals surface area contributed by atoms with Gasteiger partial charge in [0.05, 0.1) is 11.1 Å². The van der Waals surface area contributed by atoms with Gasteiger partial charge in [0, 0.05) is 31.3 Å². The Morgan fingerprint density at radius 1 is 1.26 bits per heavy atom. The summed E-state index contributed by atoms with van der Waals surface area (Å²) in [5, 5.41) is 8.85. The average molecular weight is 367 g/mol. The smallest absolute Gasteiger partial charge is 0.223 e. The highest BCUT2D eigenvalue weighted by molar-refractivity contribution is 5.80. The highest BCUT2D eigenvalue weighted by Gasteiger charge is 2.61. The highest BCUT2D eigenvalue weighted by atomic mass is 19.1. The van der Waals surface area contributed by atoms with Crippen LogP contribution in [0.15, 0.2) is 42.7 Å². The standard InChI is InChI=1S/C21H19F2N3O/c22-13-21(11-18(21)14-3-6-25-7-4-14)26-8-5-16(10-20(26)27)15-1-2-17(12-24)19(23)9-15/h1-4,6-7,9,16,18H,5,8,10-11,13H2. The third kappa shape index (κ3) is 2.97. The third-order valence-electron chi connectivity index (χ3n) is 5.93. The molecule has 27 heavy (non-hydrogen) atoms. The molecule has 3 atom stereocenters. The number of carbonyl (C=O) groups excluding carboxylic acids is 1. The lowest BCUT2D eigenvalue weighted by Gasteiger charge is -2.38. The first-order valence-corrected chi connectivity index (χ1v) is 9.05. The summed E-state index contributed by atoms with van der Waals surface area (Å²) in [6, 6.07) is 10.0. The van der Waals surface area contributed by atoms with Crippen molar-refractivity contribution in [2.45, 2.75) is 36.6 Å². The molecule has 4 rings (SSSR count).